The average Bonchev–Trinajstić information content (AvgIpc) is 2.03. The Morgan fingerprint density at radius 2 is 2.50 bits per heavy atom. The largest absolute Gasteiger partial charge is 0.311 e. The Balaban J connectivity index is 2.79. The van der Waals surface area contributed by atoms with E-state index in [1.165, 1.54) is 6.92 Å². The highest BCUT2D eigenvalue weighted by Gasteiger charge is 1.96. The first-order chi connectivity index (χ1) is 5.72. The second-order valence-electron chi connectivity index (χ2n) is 2.36. The summed E-state index contributed by atoms with van der Waals surface area (Å²) in [6, 6.07) is 3.72. The van der Waals surface area contributed by atoms with Gasteiger partial charge in [-0.2, -0.15) is 0 Å². The van der Waals surface area contributed by atoms with Gasteiger partial charge in [-0.15, -0.1) is 0 Å². The Bertz CT molecular complexity index is 288. The maximum absolute atomic E-state index is 10.6. The standard InChI is InChI=1S/C8H9BrN2O/c1-6(12)11-8-4-7(5-9)2-3-10-8/h2-4H,5H2,1H3,(H,10,11,12). The number of anilines is 1. The monoisotopic (exact) mass is 228 g/mol. The molecular formula is C8H9BrN2O. The minimum absolute atomic E-state index is 0.103. The smallest absolute Gasteiger partial charge is 0.222 e. The lowest BCUT2D eigenvalue weighted by molar-refractivity contribution is -0.114. The predicted octanol–water partition coefficient (Wildman–Crippen LogP) is 1.93. The van der Waals surface area contributed by atoms with Crippen molar-refractivity contribution in [1.82, 2.24) is 4.98 Å². The number of alkyl halides is 1. The molecule has 0 bridgehead atoms. The van der Waals surface area contributed by atoms with E-state index in [-0.39, 0.29) is 5.91 Å². The number of hydrogen-bond donors (Lipinski definition) is 1. The summed E-state index contributed by atoms with van der Waals surface area (Å²) in [5.41, 5.74) is 1.09. The Labute approximate surface area is 79.3 Å². The third kappa shape index (κ3) is 2.62. The fraction of sp³-hybridized carbons (Fsp3) is 0.250. The number of nitrogens with zero attached hydrogens (tertiary/aromatic N) is 1. The van der Waals surface area contributed by atoms with Crippen LogP contribution in [0.5, 0.6) is 0 Å². The molecule has 0 radical (unpaired) electrons. The van der Waals surface area contributed by atoms with Gasteiger partial charge in [0.2, 0.25) is 5.91 Å². The Morgan fingerprint density at radius 1 is 1.75 bits per heavy atom. The van der Waals surface area contributed by atoms with Crippen molar-refractivity contribution in [3.63, 3.8) is 0 Å². The summed E-state index contributed by atoms with van der Waals surface area (Å²) in [4.78, 5) is 14.6. The van der Waals surface area contributed by atoms with E-state index in [0.717, 1.165) is 10.9 Å². The summed E-state index contributed by atoms with van der Waals surface area (Å²) in [6.45, 7) is 1.46. The molecule has 3 nitrogen and oxygen atoms in total. The van der Waals surface area contributed by atoms with Crippen LogP contribution in [-0.2, 0) is 10.1 Å². The van der Waals surface area contributed by atoms with E-state index in [9.17, 15) is 4.79 Å². The number of rotatable bonds is 2. The molecule has 0 aliphatic heterocycles. The molecule has 0 aliphatic carbocycles. The number of nitrogens with one attached hydrogen (secondary N) is 1. The number of amides is 1. The van der Waals surface area contributed by atoms with E-state index < -0.39 is 0 Å². The molecule has 0 fully saturated rings. The van der Waals surface area contributed by atoms with Gasteiger partial charge < -0.3 is 5.32 Å². The van der Waals surface area contributed by atoms with Crippen molar-refractivity contribution in [3.8, 4) is 0 Å². The third-order valence-corrected chi connectivity index (χ3v) is 1.93. The van der Waals surface area contributed by atoms with Gasteiger partial charge in [0.05, 0.1) is 0 Å². The van der Waals surface area contributed by atoms with Gasteiger partial charge in [0, 0.05) is 18.5 Å². The van der Waals surface area contributed by atoms with Crippen LogP contribution < -0.4 is 5.32 Å². The van der Waals surface area contributed by atoms with Crippen LogP contribution in [0, 0.1) is 0 Å². The van der Waals surface area contributed by atoms with Crippen molar-refractivity contribution in [2.75, 3.05) is 5.32 Å². The summed E-state index contributed by atoms with van der Waals surface area (Å²) in [7, 11) is 0. The molecule has 1 rings (SSSR count). The molecular weight excluding hydrogens is 220 g/mol. The fourth-order valence-electron chi connectivity index (χ4n) is 0.806. The third-order valence-electron chi connectivity index (χ3n) is 1.28. The lowest BCUT2D eigenvalue weighted by Gasteiger charge is -2.01. The van der Waals surface area contributed by atoms with Crippen molar-refractivity contribution in [2.45, 2.75) is 12.3 Å². The van der Waals surface area contributed by atoms with Crippen LogP contribution in [-0.4, -0.2) is 10.9 Å². The maximum Gasteiger partial charge on any atom is 0.222 e. The first-order valence-electron chi connectivity index (χ1n) is 3.51. The number of hydrogen-bond acceptors (Lipinski definition) is 2. The molecule has 1 aromatic heterocycles. The van der Waals surface area contributed by atoms with Gasteiger partial charge >= 0.3 is 0 Å². The zero-order valence-corrected chi connectivity index (χ0v) is 8.26. The number of aromatic nitrogens is 1. The van der Waals surface area contributed by atoms with Crippen molar-refractivity contribution >= 4 is 27.7 Å². The van der Waals surface area contributed by atoms with Gasteiger partial charge in [-0.05, 0) is 17.7 Å². The van der Waals surface area contributed by atoms with Crippen molar-refractivity contribution in [2.24, 2.45) is 0 Å². The molecule has 0 unspecified atom stereocenters. The highest BCUT2D eigenvalue weighted by Crippen LogP contribution is 2.09. The van der Waals surface area contributed by atoms with Gasteiger partial charge in [0.25, 0.3) is 0 Å². The molecule has 0 atom stereocenters. The molecule has 0 aromatic carbocycles. The quantitative estimate of drug-likeness (QED) is 0.787. The summed E-state index contributed by atoms with van der Waals surface area (Å²) in [6.07, 6.45) is 1.67. The summed E-state index contributed by atoms with van der Waals surface area (Å²) in [5, 5.41) is 3.37. The fourth-order valence-corrected chi connectivity index (χ4v) is 1.15. The highest BCUT2D eigenvalue weighted by atomic mass is 79.9. The molecule has 4 heteroatoms. The lowest BCUT2D eigenvalue weighted by atomic mass is 10.3. The van der Waals surface area contributed by atoms with Crippen LogP contribution in [0.2, 0.25) is 0 Å². The predicted molar refractivity (Wildman–Crippen MR) is 51.2 cm³/mol. The van der Waals surface area contributed by atoms with E-state index in [1.807, 2.05) is 12.1 Å². The molecule has 0 saturated heterocycles. The number of carbonyl (C=O) groups excluding carboxylic acids is 1. The molecule has 0 saturated carbocycles. The van der Waals surface area contributed by atoms with Crippen LogP contribution in [0.3, 0.4) is 0 Å². The molecule has 1 amide bonds. The van der Waals surface area contributed by atoms with E-state index in [1.54, 1.807) is 6.20 Å². The second kappa shape index (κ2) is 4.21. The maximum atomic E-state index is 10.6. The highest BCUT2D eigenvalue weighted by molar-refractivity contribution is 9.08. The van der Waals surface area contributed by atoms with Crippen molar-refractivity contribution in [1.29, 1.82) is 0 Å². The number of halogens is 1. The Hall–Kier alpha value is -0.900. The van der Waals surface area contributed by atoms with Crippen LogP contribution in [0.15, 0.2) is 18.3 Å². The minimum atomic E-state index is -0.103. The SMILES string of the molecule is CC(=O)Nc1cc(CBr)ccn1. The van der Waals surface area contributed by atoms with Gasteiger partial charge in [0.1, 0.15) is 5.82 Å². The zero-order valence-electron chi connectivity index (χ0n) is 6.67. The van der Waals surface area contributed by atoms with Gasteiger partial charge in [-0.3, -0.25) is 4.79 Å². The molecule has 1 heterocycles. The van der Waals surface area contributed by atoms with Crippen molar-refractivity contribution in [3.05, 3.63) is 23.9 Å². The van der Waals surface area contributed by atoms with Gasteiger partial charge in [0.15, 0.2) is 0 Å². The second-order valence-corrected chi connectivity index (χ2v) is 2.92. The zero-order chi connectivity index (χ0) is 8.97. The van der Waals surface area contributed by atoms with Crippen LogP contribution >= 0.6 is 15.9 Å². The molecule has 0 aliphatic rings. The molecule has 0 spiro atoms. The molecule has 1 N–H and O–H groups in total. The first kappa shape index (κ1) is 9.19. The summed E-state index contributed by atoms with van der Waals surface area (Å²) < 4.78 is 0. The van der Waals surface area contributed by atoms with Crippen LogP contribution in [0.25, 0.3) is 0 Å². The van der Waals surface area contributed by atoms with Crippen LogP contribution in [0.1, 0.15) is 12.5 Å². The normalized spacial score (nSPS) is 9.50. The molecule has 12 heavy (non-hydrogen) atoms. The Morgan fingerprint density at radius 3 is 3.08 bits per heavy atom. The van der Waals surface area contributed by atoms with Crippen molar-refractivity contribution < 1.29 is 4.79 Å². The number of carbonyl (C=O) groups is 1. The average molecular weight is 229 g/mol. The minimum Gasteiger partial charge on any atom is -0.311 e. The Kier molecular flexibility index (Phi) is 3.22. The lowest BCUT2D eigenvalue weighted by Crippen LogP contribution is -2.07. The molecule has 1 aromatic rings. The van der Waals surface area contributed by atoms with E-state index in [0.29, 0.717) is 5.82 Å². The van der Waals surface area contributed by atoms with E-state index >= 15 is 0 Å². The van der Waals surface area contributed by atoms with Gasteiger partial charge in [-0.25, -0.2) is 4.98 Å². The topological polar surface area (TPSA) is 42.0 Å². The summed E-state index contributed by atoms with van der Waals surface area (Å²) >= 11 is 3.32. The number of pyridine rings is 1. The van der Waals surface area contributed by atoms with Gasteiger partial charge in [-0.1, -0.05) is 15.9 Å². The van der Waals surface area contributed by atoms with E-state index in [4.69, 9.17) is 0 Å². The molecule has 64 valence electrons. The van der Waals surface area contributed by atoms with Crippen LogP contribution in [0.4, 0.5) is 5.82 Å². The first-order valence-corrected chi connectivity index (χ1v) is 4.63. The summed E-state index contributed by atoms with van der Waals surface area (Å²) in [5.74, 6) is 0.494. The van der Waals surface area contributed by atoms with E-state index in [2.05, 4.69) is 26.2 Å².